The fourth-order valence-corrected chi connectivity index (χ4v) is 1.57. The summed E-state index contributed by atoms with van der Waals surface area (Å²) in [5, 5.41) is 6.25. The van der Waals surface area contributed by atoms with Gasteiger partial charge in [-0.05, 0) is 27.2 Å². The summed E-state index contributed by atoms with van der Waals surface area (Å²) in [5.74, 6) is 0.105. The van der Waals surface area contributed by atoms with Crippen molar-refractivity contribution >= 4 is 5.91 Å². The van der Waals surface area contributed by atoms with Crippen molar-refractivity contribution in [1.82, 2.24) is 10.6 Å². The van der Waals surface area contributed by atoms with Crippen molar-refractivity contribution in [3.05, 3.63) is 0 Å². The van der Waals surface area contributed by atoms with Crippen LogP contribution in [-0.4, -0.2) is 37.2 Å². The molecule has 4 nitrogen and oxygen atoms in total. The summed E-state index contributed by atoms with van der Waals surface area (Å²) >= 11 is 0. The zero-order valence-corrected chi connectivity index (χ0v) is 9.93. The first kappa shape index (κ1) is 12.5. The minimum Gasteiger partial charge on any atom is -0.380 e. The van der Waals surface area contributed by atoms with Gasteiger partial charge in [0.2, 0.25) is 5.91 Å². The van der Waals surface area contributed by atoms with Crippen LogP contribution in [0.3, 0.4) is 0 Å². The smallest absolute Gasteiger partial charge is 0.221 e. The van der Waals surface area contributed by atoms with Crippen LogP contribution in [0.4, 0.5) is 0 Å². The molecule has 1 rings (SSSR count). The summed E-state index contributed by atoms with van der Waals surface area (Å²) in [6.45, 7) is 8.32. The summed E-state index contributed by atoms with van der Waals surface area (Å²) in [4.78, 5) is 11.5. The van der Waals surface area contributed by atoms with Gasteiger partial charge in [0.1, 0.15) is 0 Å². The zero-order valence-electron chi connectivity index (χ0n) is 9.93. The van der Waals surface area contributed by atoms with Gasteiger partial charge < -0.3 is 15.4 Å². The van der Waals surface area contributed by atoms with Crippen LogP contribution in [0.1, 0.15) is 33.6 Å². The number of ether oxygens (including phenoxy) is 1. The van der Waals surface area contributed by atoms with Gasteiger partial charge in [0.25, 0.3) is 0 Å². The van der Waals surface area contributed by atoms with E-state index in [1.54, 1.807) is 0 Å². The van der Waals surface area contributed by atoms with Crippen molar-refractivity contribution in [2.45, 2.75) is 45.2 Å². The number of hydrogen-bond donors (Lipinski definition) is 2. The molecule has 88 valence electrons. The van der Waals surface area contributed by atoms with E-state index >= 15 is 0 Å². The molecule has 0 aromatic rings. The van der Waals surface area contributed by atoms with Crippen molar-refractivity contribution in [1.29, 1.82) is 0 Å². The highest BCUT2D eigenvalue weighted by molar-refractivity contribution is 5.76. The fourth-order valence-electron chi connectivity index (χ4n) is 1.57. The molecule has 1 unspecified atom stereocenters. The van der Waals surface area contributed by atoms with E-state index < -0.39 is 0 Å². The summed E-state index contributed by atoms with van der Waals surface area (Å²) in [6.07, 6.45) is 1.59. The summed E-state index contributed by atoms with van der Waals surface area (Å²) in [7, 11) is 0. The van der Waals surface area contributed by atoms with Crippen LogP contribution in [0.25, 0.3) is 0 Å². The SMILES string of the molecule is CC(C)(C)NC(=O)CCNC1CCOC1. The number of nitrogens with one attached hydrogen (secondary N) is 2. The normalized spacial score (nSPS) is 21.7. The van der Waals surface area contributed by atoms with Crippen LogP contribution in [-0.2, 0) is 9.53 Å². The van der Waals surface area contributed by atoms with Crippen molar-refractivity contribution < 1.29 is 9.53 Å². The Morgan fingerprint density at radius 2 is 2.20 bits per heavy atom. The molecule has 1 atom stereocenters. The van der Waals surface area contributed by atoms with Gasteiger partial charge in [0, 0.05) is 31.2 Å². The third-order valence-corrected chi connectivity index (χ3v) is 2.23. The van der Waals surface area contributed by atoms with Crippen LogP contribution >= 0.6 is 0 Å². The van der Waals surface area contributed by atoms with Gasteiger partial charge in [-0.2, -0.15) is 0 Å². The lowest BCUT2D eigenvalue weighted by Gasteiger charge is -2.20. The maximum absolute atomic E-state index is 11.5. The van der Waals surface area contributed by atoms with E-state index in [0.717, 1.165) is 26.2 Å². The van der Waals surface area contributed by atoms with Crippen LogP contribution in [0.2, 0.25) is 0 Å². The van der Waals surface area contributed by atoms with Gasteiger partial charge in [0.15, 0.2) is 0 Å². The molecule has 0 aliphatic carbocycles. The second-order valence-corrected chi connectivity index (χ2v) is 5.06. The van der Waals surface area contributed by atoms with E-state index in [1.807, 2.05) is 20.8 Å². The van der Waals surface area contributed by atoms with Gasteiger partial charge >= 0.3 is 0 Å². The maximum atomic E-state index is 11.5. The molecule has 0 aromatic heterocycles. The molecule has 15 heavy (non-hydrogen) atoms. The van der Waals surface area contributed by atoms with Crippen LogP contribution in [0, 0.1) is 0 Å². The lowest BCUT2D eigenvalue weighted by atomic mass is 10.1. The first-order chi connectivity index (χ1) is 6.97. The van der Waals surface area contributed by atoms with Crippen molar-refractivity contribution in [2.75, 3.05) is 19.8 Å². The third-order valence-electron chi connectivity index (χ3n) is 2.23. The van der Waals surface area contributed by atoms with Gasteiger partial charge in [-0.15, -0.1) is 0 Å². The number of hydrogen-bond acceptors (Lipinski definition) is 3. The summed E-state index contributed by atoms with van der Waals surface area (Å²) < 4.78 is 5.23. The molecule has 0 bridgehead atoms. The molecule has 0 radical (unpaired) electrons. The predicted octanol–water partition coefficient (Wildman–Crippen LogP) is 0.670. The lowest BCUT2D eigenvalue weighted by molar-refractivity contribution is -0.122. The molecular weight excluding hydrogens is 192 g/mol. The van der Waals surface area contributed by atoms with Gasteiger partial charge in [-0.1, -0.05) is 0 Å². The largest absolute Gasteiger partial charge is 0.380 e. The third kappa shape index (κ3) is 5.74. The molecule has 0 aromatic carbocycles. The number of carbonyl (C=O) groups is 1. The highest BCUT2D eigenvalue weighted by Gasteiger charge is 2.16. The highest BCUT2D eigenvalue weighted by atomic mass is 16.5. The molecule has 1 aliphatic rings. The molecule has 2 N–H and O–H groups in total. The highest BCUT2D eigenvalue weighted by Crippen LogP contribution is 2.03. The average molecular weight is 214 g/mol. The molecule has 1 heterocycles. The van der Waals surface area contributed by atoms with E-state index in [-0.39, 0.29) is 11.4 Å². The Labute approximate surface area is 91.8 Å². The Kier molecular flexibility index (Phi) is 4.54. The fraction of sp³-hybridized carbons (Fsp3) is 0.909. The molecule has 0 saturated carbocycles. The first-order valence-corrected chi connectivity index (χ1v) is 5.59. The Hall–Kier alpha value is -0.610. The molecule has 1 fully saturated rings. The zero-order chi connectivity index (χ0) is 11.3. The second-order valence-electron chi connectivity index (χ2n) is 5.06. The van der Waals surface area contributed by atoms with E-state index in [0.29, 0.717) is 12.5 Å². The molecule has 4 heteroatoms. The Morgan fingerprint density at radius 1 is 1.47 bits per heavy atom. The Balaban J connectivity index is 2.06. The van der Waals surface area contributed by atoms with Crippen LogP contribution < -0.4 is 10.6 Å². The van der Waals surface area contributed by atoms with Crippen molar-refractivity contribution in [3.63, 3.8) is 0 Å². The van der Waals surface area contributed by atoms with E-state index in [1.165, 1.54) is 0 Å². The van der Waals surface area contributed by atoms with Gasteiger partial charge in [-0.25, -0.2) is 0 Å². The van der Waals surface area contributed by atoms with Gasteiger partial charge in [0.05, 0.1) is 6.61 Å². The van der Waals surface area contributed by atoms with E-state index in [4.69, 9.17) is 4.74 Å². The molecule has 1 saturated heterocycles. The topological polar surface area (TPSA) is 50.4 Å². The van der Waals surface area contributed by atoms with Crippen molar-refractivity contribution in [2.24, 2.45) is 0 Å². The van der Waals surface area contributed by atoms with Crippen LogP contribution in [0.15, 0.2) is 0 Å². The number of rotatable bonds is 4. The standard InChI is InChI=1S/C11H22N2O2/c1-11(2,3)13-10(14)4-6-12-9-5-7-15-8-9/h9,12H,4-8H2,1-3H3,(H,13,14). The lowest BCUT2D eigenvalue weighted by Crippen LogP contribution is -2.42. The molecular formula is C11H22N2O2. The predicted molar refractivity (Wildman–Crippen MR) is 59.7 cm³/mol. The van der Waals surface area contributed by atoms with Gasteiger partial charge in [-0.3, -0.25) is 4.79 Å². The molecule has 1 amide bonds. The van der Waals surface area contributed by atoms with Crippen molar-refractivity contribution in [3.8, 4) is 0 Å². The summed E-state index contributed by atoms with van der Waals surface area (Å²) in [6, 6.07) is 0.437. The Morgan fingerprint density at radius 3 is 2.73 bits per heavy atom. The first-order valence-electron chi connectivity index (χ1n) is 5.59. The van der Waals surface area contributed by atoms with Crippen LogP contribution in [0.5, 0.6) is 0 Å². The Bertz CT molecular complexity index is 205. The minimum atomic E-state index is -0.131. The second kappa shape index (κ2) is 5.47. The minimum absolute atomic E-state index is 0.105. The monoisotopic (exact) mass is 214 g/mol. The molecule has 0 spiro atoms. The summed E-state index contributed by atoms with van der Waals surface area (Å²) in [5.41, 5.74) is -0.131. The van der Waals surface area contributed by atoms with E-state index in [2.05, 4.69) is 10.6 Å². The van der Waals surface area contributed by atoms with E-state index in [9.17, 15) is 4.79 Å². The maximum Gasteiger partial charge on any atom is 0.221 e. The molecule has 1 aliphatic heterocycles. The number of amides is 1. The quantitative estimate of drug-likeness (QED) is 0.723. The average Bonchev–Trinajstić information content (AvgIpc) is 2.53. The number of carbonyl (C=O) groups excluding carboxylic acids is 1.